The van der Waals surface area contributed by atoms with Crippen molar-refractivity contribution in [1.29, 1.82) is 0 Å². The minimum absolute atomic E-state index is 0.0354. The zero-order valence-corrected chi connectivity index (χ0v) is 20.0. The number of nitro groups is 1. The summed E-state index contributed by atoms with van der Waals surface area (Å²) in [6.45, 7) is 6.78. The highest BCUT2D eigenvalue weighted by Gasteiger charge is 2.21. The first-order chi connectivity index (χ1) is 16.3. The number of amides is 1. The molecule has 3 rings (SSSR count). The van der Waals surface area contributed by atoms with Crippen molar-refractivity contribution in [3.05, 3.63) is 80.7 Å². The van der Waals surface area contributed by atoms with Gasteiger partial charge in [0.05, 0.1) is 25.2 Å². The molecule has 0 spiro atoms. The molecule has 180 valence electrons. The van der Waals surface area contributed by atoms with Crippen LogP contribution in [0.25, 0.3) is 0 Å². The van der Waals surface area contributed by atoms with Crippen molar-refractivity contribution in [3.8, 4) is 11.5 Å². The van der Waals surface area contributed by atoms with Gasteiger partial charge in [0.2, 0.25) is 0 Å². The van der Waals surface area contributed by atoms with Gasteiger partial charge in [0.25, 0.3) is 5.91 Å². The lowest BCUT2D eigenvalue weighted by Gasteiger charge is -2.12. The number of hydrogen-bond acceptors (Lipinski definition) is 6. The van der Waals surface area contributed by atoms with Gasteiger partial charge < -0.3 is 14.8 Å². The maximum absolute atomic E-state index is 12.6. The van der Waals surface area contributed by atoms with Gasteiger partial charge in [-0.05, 0) is 55.7 Å². The molecule has 1 amide bonds. The van der Waals surface area contributed by atoms with Crippen molar-refractivity contribution in [2.45, 2.75) is 46.7 Å². The summed E-state index contributed by atoms with van der Waals surface area (Å²) >= 11 is 0. The molecular weight excluding hydrogens is 436 g/mol. The number of carbonyl (C=O) groups excluding carboxylic acids is 1. The lowest BCUT2D eigenvalue weighted by Crippen LogP contribution is -2.22. The van der Waals surface area contributed by atoms with E-state index in [0.717, 1.165) is 24.0 Å². The molecule has 0 aliphatic heterocycles. The molecule has 1 heterocycles. The summed E-state index contributed by atoms with van der Waals surface area (Å²) in [7, 11) is 1.59. The van der Waals surface area contributed by atoms with Crippen molar-refractivity contribution in [1.82, 2.24) is 15.1 Å². The van der Waals surface area contributed by atoms with E-state index >= 15 is 0 Å². The molecule has 0 radical (unpaired) electrons. The van der Waals surface area contributed by atoms with Crippen LogP contribution in [-0.2, 0) is 13.1 Å². The van der Waals surface area contributed by atoms with Crippen LogP contribution in [0.2, 0.25) is 0 Å². The molecule has 9 heteroatoms. The highest BCUT2D eigenvalue weighted by molar-refractivity contribution is 5.94. The van der Waals surface area contributed by atoms with E-state index in [-0.39, 0.29) is 11.6 Å². The molecule has 0 fully saturated rings. The fraction of sp³-hybridized carbons (Fsp3) is 0.360. The van der Waals surface area contributed by atoms with Crippen molar-refractivity contribution >= 4 is 11.6 Å². The van der Waals surface area contributed by atoms with Crippen LogP contribution in [0.5, 0.6) is 11.5 Å². The average molecular weight is 467 g/mol. The summed E-state index contributed by atoms with van der Waals surface area (Å²) in [6, 6.07) is 12.7. The Balaban J connectivity index is 1.60. The Bertz CT molecular complexity index is 1150. The van der Waals surface area contributed by atoms with E-state index in [4.69, 9.17) is 9.47 Å². The third kappa shape index (κ3) is 5.92. The van der Waals surface area contributed by atoms with Crippen LogP contribution < -0.4 is 14.8 Å². The van der Waals surface area contributed by atoms with Crippen LogP contribution in [-0.4, -0.2) is 34.3 Å². The standard InChI is InChI=1S/C25H30N4O5/c1-5-6-13-34-22-12-9-20(14-23(22)33-4)15-26-25(30)21-10-7-19(8-11-21)16-28-18(3)24(29(31)32)17(2)27-28/h7-12,14H,5-6,13,15-16H2,1-4H3,(H,26,30). The topological polar surface area (TPSA) is 109 Å². The number of rotatable bonds is 11. The minimum atomic E-state index is -0.412. The number of aryl methyl sites for hydroxylation is 1. The number of nitrogens with one attached hydrogen (secondary N) is 1. The minimum Gasteiger partial charge on any atom is -0.493 e. The van der Waals surface area contributed by atoms with Gasteiger partial charge in [-0.2, -0.15) is 5.10 Å². The maximum Gasteiger partial charge on any atom is 0.312 e. The number of carbonyl (C=O) groups is 1. The molecule has 34 heavy (non-hydrogen) atoms. The summed E-state index contributed by atoms with van der Waals surface area (Å²) < 4.78 is 12.8. The summed E-state index contributed by atoms with van der Waals surface area (Å²) in [6.07, 6.45) is 2.03. The number of methoxy groups -OCH3 is 1. The van der Waals surface area contributed by atoms with Crippen LogP contribution in [0, 0.1) is 24.0 Å². The molecule has 1 N–H and O–H groups in total. The fourth-order valence-electron chi connectivity index (χ4n) is 3.59. The molecule has 2 aromatic carbocycles. The summed E-state index contributed by atoms with van der Waals surface area (Å²) in [5, 5.41) is 18.4. The van der Waals surface area contributed by atoms with E-state index < -0.39 is 4.92 Å². The van der Waals surface area contributed by atoms with E-state index in [1.165, 1.54) is 0 Å². The fourth-order valence-corrected chi connectivity index (χ4v) is 3.59. The Hall–Kier alpha value is -3.88. The predicted octanol–water partition coefficient (Wildman–Crippen LogP) is 4.57. The Morgan fingerprint density at radius 3 is 2.44 bits per heavy atom. The number of aromatic nitrogens is 2. The Morgan fingerprint density at radius 1 is 1.12 bits per heavy atom. The third-order valence-electron chi connectivity index (χ3n) is 5.51. The van der Waals surface area contributed by atoms with E-state index in [9.17, 15) is 14.9 Å². The third-order valence-corrected chi connectivity index (χ3v) is 5.51. The molecule has 0 aliphatic carbocycles. The van der Waals surface area contributed by atoms with Crippen molar-refractivity contribution < 1.29 is 19.2 Å². The Labute approximate surface area is 198 Å². The largest absolute Gasteiger partial charge is 0.493 e. The van der Waals surface area contributed by atoms with E-state index in [1.807, 2.05) is 30.3 Å². The van der Waals surface area contributed by atoms with E-state index in [2.05, 4.69) is 17.3 Å². The van der Waals surface area contributed by atoms with E-state index in [0.29, 0.717) is 48.1 Å². The van der Waals surface area contributed by atoms with Crippen molar-refractivity contribution in [2.75, 3.05) is 13.7 Å². The van der Waals surface area contributed by atoms with Crippen LogP contribution >= 0.6 is 0 Å². The summed E-state index contributed by atoms with van der Waals surface area (Å²) in [5.41, 5.74) is 3.23. The quantitative estimate of drug-likeness (QED) is 0.252. The molecule has 9 nitrogen and oxygen atoms in total. The Morgan fingerprint density at radius 2 is 1.82 bits per heavy atom. The molecule has 0 saturated carbocycles. The van der Waals surface area contributed by atoms with Gasteiger partial charge in [-0.25, -0.2) is 0 Å². The van der Waals surface area contributed by atoms with Crippen LogP contribution in [0.3, 0.4) is 0 Å². The van der Waals surface area contributed by atoms with Gasteiger partial charge in [-0.3, -0.25) is 19.6 Å². The molecule has 0 unspecified atom stereocenters. The molecule has 1 aromatic heterocycles. The van der Waals surface area contributed by atoms with Gasteiger partial charge in [-0.15, -0.1) is 0 Å². The highest BCUT2D eigenvalue weighted by Crippen LogP contribution is 2.28. The van der Waals surface area contributed by atoms with Crippen LogP contribution in [0.1, 0.15) is 52.6 Å². The molecule has 0 saturated heterocycles. The molecule has 0 bridgehead atoms. The second-order valence-corrected chi connectivity index (χ2v) is 8.00. The molecule has 0 aliphatic rings. The van der Waals surface area contributed by atoms with Gasteiger partial charge >= 0.3 is 5.69 Å². The number of unbranched alkanes of at least 4 members (excludes halogenated alkanes) is 1. The number of ether oxygens (including phenoxy) is 2. The van der Waals surface area contributed by atoms with Crippen LogP contribution in [0.15, 0.2) is 42.5 Å². The first-order valence-electron chi connectivity index (χ1n) is 11.2. The second kappa shape index (κ2) is 11.3. The monoisotopic (exact) mass is 466 g/mol. The van der Waals surface area contributed by atoms with Gasteiger partial charge in [0, 0.05) is 12.1 Å². The average Bonchev–Trinajstić information content (AvgIpc) is 3.11. The van der Waals surface area contributed by atoms with Crippen LogP contribution in [0.4, 0.5) is 5.69 Å². The highest BCUT2D eigenvalue weighted by atomic mass is 16.6. The number of hydrogen-bond donors (Lipinski definition) is 1. The van der Waals surface area contributed by atoms with Gasteiger partial charge in [0.15, 0.2) is 11.5 Å². The van der Waals surface area contributed by atoms with Crippen molar-refractivity contribution in [3.63, 3.8) is 0 Å². The normalized spacial score (nSPS) is 10.7. The van der Waals surface area contributed by atoms with Gasteiger partial charge in [0.1, 0.15) is 11.4 Å². The Kier molecular flexibility index (Phi) is 8.24. The molecular formula is C25H30N4O5. The summed E-state index contributed by atoms with van der Waals surface area (Å²) in [5.74, 6) is 1.13. The SMILES string of the molecule is CCCCOc1ccc(CNC(=O)c2ccc(Cn3nc(C)c([N+](=O)[O-])c3C)cc2)cc1OC. The first-order valence-corrected chi connectivity index (χ1v) is 11.2. The van der Waals surface area contributed by atoms with E-state index in [1.54, 1.807) is 37.8 Å². The lowest BCUT2D eigenvalue weighted by molar-refractivity contribution is -0.386. The predicted molar refractivity (Wildman–Crippen MR) is 128 cm³/mol. The zero-order chi connectivity index (χ0) is 24.7. The second-order valence-electron chi connectivity index (χ2n) is 8.00. The first kappa shape index (κ1) is 24.8. The smallest absolute Gasteiger partial charge is 0.312 e. The number of nitrogens with zero attached hydrogens (tertiary/aromatic N) is 3. The lowest BCUT2D eigenvalue weighted by atomic mass is 10.1. The maximum atomic E-state index is 12.6. The molecule has 3 aromatic rings. The van der Waals surface area contributed by atoms with Gasteiger partial charge in [-0.1, -0.05) is 31.5 Å². The number of benzene rings is 2. The molecule has 0 atom stereocenters. The zero-order valence-electron chi connectivity index (χ0n) is 20.0. The van der Waals surface area contributed by atoms with Crippen molar-refractivity contribution in [2.24, 2.45) is 0 Å². The summed E-state index contributed by atoms with van der Waals surface area (Å²) in [4.78, 5) is 23.4.